The molecule has 0 saturated carbocycles. The summed E-state index contributed by atoms with van der Waals surface area (Å²) in [7, 11) is 0. The molecule has 1 aliphatic heterocycles. The number of aromatic nitrogens is 2. The maximum Gasteiger partial charge on any atom is 0.254 e. The number of aliphatic hydroxyl groups is 1. The van der Waals surface area contributed by atoms with Gasteiger partial charge in [-0.1, -0.05) is 19.9 Å². The van der Waals surface area contributed by atoms with Crippen LogP contribution in [0.5, 0.6) is 0 Å². The van der Waals surface area contributed by atoms with Crippen molar-refractivity contribution in [3.05, 3.63) is 59.4 Å². The minimum atomic E-state index is -0.419. The van der Waals surface area contributed by atoms with Crippen LogP contribution in [0.4, 0.5) is 4.39 Å². The summed E-state index contributed by atoms with van der Waals surface area (Å²) in [5, 5.41) is 9.51. The smallest absolute Gasteiger partial charge is 0.254 e. The van der Waals surface area contributed by atoms with E-state index in [4.69, 9.17) is 0 Å². The van der Waals surface area contributed by atoms with Crippen LogP contribution in [0.3, 0.4) is 0 Å². The Morgan fingerprint density at radius 2 is 1.92 bits per heavy atom. The van der Waals surface area contributed by atoms with Gasteiger partial charge in [0.2, 0.25) is 0 Å². The van der Waals surface area contributed by atoms with Gasteiger partial charge in [0.15, 0.2) is 0 Å². The van der Waals surface area contributed by atoms with Gasteiger partial charge < -0.3 is 14.4 Å². The van der Waals surface area contributed by atoms with Crippen LogP contribution in [-0.4, -0.2) is 68.5 Å². The predicted molar refractivity (Wildman–Crippen MR) is 142 cm³/mol. The third-order valence-corrected chi connectivity index (χ3v) is 7.62. The van der Waals surface area contributed by atoms with Crippen LogP contribution in [0.25, 0.3) is 16.6 Å². The van der Waals surface area contributed by atoms with Crippen molar-refractivity contribution in [2.24, 2.45) is 5.92 Å². The van der Waals surface area contributed by atoms with Crippen molar-refractivity contribution in [3.8, 4) is 11.1 Å². The Kier molecular flexibility index (Phi) is 7.81. The largest absolute Gasteiger partial charge is 0.396 e. The normalized spacial score (nSPS) is 15.6. The van der Waals surface area contributed by atoms with Gasteiger partial charge in [0.1, 0.15) is 11.6 Å². The number of carbonyl (C=O) groups is 1. The number of pyridine rings is 1. The number of carbonyl (C=O) groups excluding carboxylic acids is 1. The topological polar surface area (TPSA) is 61.1 Å². The number of nitrogens with zero attached hydrogens (tertiary/aromatic N) is 4. The highest BCUT2D eigenvalue weighted by Gasteiger charge is 2.35. The van der Waals surface area contributed by atoms with Gasteiger partial charge in [-0.15, -0.1) is 0 Å². The number of hydrogen-bond donors (Lipinski definition) is 1. The summed E-state index contributed by atoms with van der Waals surface area (Å²) in [6.45, 7) is 14.9. The lowest BCUT2D eigenvalue weighted by Gasteiger charge is -2.46. The zero-order chi connectivity index (χ0) is 26.1. The molecule has 1 saturated heterocycles. The molecule has 0 radical (unpaired) electrons. The van der Waals surface area contributed by atoms with E-state index in [0.717, 1.165) is 42.0 Å². The highest BCUT2D eigenvalue weighted by atomic mass is 19.1. The zero-order valence-corrected chi connectivity index (χ0v) is 22.3. The lowest BCUT2D eigenvalue weighted by atomic mass is 9.86. The summed E-state index contributed by atoms with van der Waals surface area (Å²) in [5.41, 5.74) is 4.08. The van der Waals surface area contributed by atoms with E-state index in [1.807, 2.05) is 33.9 Å². The molecule has 1 amide bonds. The Bertz CT molecular complexity index is 1230. The zero-order valence-electron chi connectivity index (χ0n) is 22.3. The molecule has 0 aliphatic carbocycles. The highest BCUT2D eigenvalue weighted by Crippen LogP contribution is 2.37. The monoisotopic (exact) mass is 494 g/mol. The molecule has 3 heterocycles. The molecule has 1 aliphatic rings. The fourth-order valence-corrected chi connectivity index (χ4v) is 5.57. The molecular formula is C29H39FN4O2. The first-order chi connectivity index (χ1) is 17.2. The van der Waals surface area contributed by atoms with Crippen LogP contribution in [-0.2, 0) is 0 Å². The number of fused-ring (bicyclic) bond motifs is 1. The molecule has 194 valence electrons. The molecule has 0 bridgehead atoms. The van der Waals surface area contributed by atoms with Crippen molar-refractivity contribution in [1.82, 2.24) is 19.2 Å². The van der Waals surface area contributed by atoms with E-state index >= 15 is 0 Å². The number of aliphatic hydroxyl groups excluding tert-OH is 1. The summed E-state index contributed by atoms with van der Waals surface area (Å²) >= 11 is 0. The number of amides is 1. The Labute approximate surface area is 213 Å². The van der Waals surface area contributed by atoms with Crippen LogP contribution in [0.1, 0.15) is 68.7 Å². The Morgan fingerprint density at radius 1 is 1.19 bits per heavy atom. The second-order valence-electron chi connectivity index (χ2n) is 10.6. The maximum atomic E-state index is 14.4. The maximum absolute atomic E-state index is 14.4. The van der Waals surface area contributed by atoms with Crippen LogP contribution >= 0.6 is 0 Å². The average Bonchev–Trinajstić information content (AvgIpc) is 3.18. The molecule has 1 fully saturated rings. The summed E-state index contributed by atoms with van der Waals surface area (Å²) in [6.07, 6.45) is 4.76. The number of likely N-dealkylation sites (tertiary alicyclic amines) is 1. The molecule has 6 nitrogen and oxygen atoms in total. The first-order valence-electron chi connectivity index (χ1n) is 13.1. The van der Waals surface area contributed by atoms with E-state index in [1.165, 1.54) is 17.7 Å². The van der Waals surface area contributed by atoms with Crippen LogP contribution < -0.4 is 0 Å². The average molecular weight is 495 g/mol. The first-order valence-corrected chi connectivity index (χ1v) is 13.1. The molecule has 1 N–H and O–H groups in total. The quantitative estimate of drug-likeness (QED) is 0.448. The van der Waals surface area contributed by atoms with E-state index in [9.17, 15) is 14.3 Å². The van der Waals surface area contributed by atoms with Crippen molar-refractivity contribution < 1.29 is 14.3 Å². The van der Waals surface area contributed by atoms with E-state index in [1.54, 1.807) is 11.0 Å². The van der Waals surface area contributed by atoms with Gasteiger partial charge in [0.05, 0.1) is 17.3 Å². The third kappa shape index (κ3) is 4.91. The number of benzene rings is 1. The van der Waals surface area contributed by atoms with E-state index in [0.29, 0.717) is 30.0 Å². The summed E-state index contributed by atoms with van der Waals surface area (Å²) in [6, 6.07) is 7.05. The lowest BCUT2D eigenvalue weighted by molar-refractivity contribution is 0.0492. The standard InChI is InChI=1S/C29H39FN4O2/c1-7-33(19(4)5)29(36)26-13-23(30)8-9-24(26)25-12-21(17-34-20(6)31-14-28(25)34)22-15-32(16-22)27(10-11-35)18(2)3/h8-9,12-14,17-19,22,27,35H,7,10-11,15-16H2,1-6H3. The fraction of sp³-hybridized carbons (Fsp3) is 0.517. The molecule has 0 spiro atoms. The SMILES string of the molecule is CCN(C(=O)c1cc(F)ccc1-c1cc(C2CN(C(CCO)C(C)C)C2)cn2c(C)ncc12)C(C)C. The molecule has 36 heavy (non-hydrogen) atoms. The molecule has 1 atom stereocenters. The second-order valence-corrected chi connectivity index (χ2v) is 10.6. The van der Waals surface area contributed by atoms with Gasteiger partial charge in [-0.2, -0.15) is 0 Å². The molecule has 1 aromatic carbocycles. The van der Waals surface area contributed by atoms with Gasteiger partial charge in [-0.25, -0.2) is 9.37 Å². The number of aryl methyl sites for hydroxylation is 1. The van der Waals surface area contributed by atoms with Crippen LogP contribution in [0.2, 0.25) is 0 Å². The van der Waals surface area contributed by atoms with Gasteiger partial charge in [-0.3, -0.25) is 9.69 Å². The highest BCUT2D eigenvalue weighted by molar-refractivity contribution is 6.03. The summed E-state index contributed by atoms with van der Waals surface area (Å²) < 4.78 is 16.5. The van der Waals surface area contributed by atoms with Crippen molar-refractivity contribution in [2.75, 3.05) is 26.2 Å². The van der Waals surface area contributed by atoms with Gasteiger partial charge >= 0.3 is 0 Å². The Balaban J connectivity index is 1.77. The minimum Gasteiger partial charge on any atom is -0.396 e. The molecule has 7 heteroatoms. The number of imidazole rings is 1. The number of hydrogen-bond acceptors (Lipinski definition) is 4. The van der Waals surface area contributed by atoms with E-state index in [2.05, 4.69) is 40.4 Å². The molecule has 3 aromatic rings. The fourth-order valence-electron chi connectivity index (χ4n) is 5.57. The van der Waals surface area contributed by atoms with Crippen molar-refractivity contribution in [1.29, 1.82) is 0 Å². The van der Waals surface area contributed by atoms with Crippen LogP contribution in [0, 0.1) is 18.7 Å². The second kappa shape index (κ2) is 10.7. The van der Waals surface area contributed by atoms with E-state index in [-0.39, 0.29) is 18.6 Å². The molecule has 4 rings (SSSR count). The summed E-state index contributed by atoms with van der Waals surface area (Å²) in [4.78, 5) is 22.3. The molecular weight excluding hydrogens is 455 g/mol. The van der Waals surface area contributed by atoms with Gasteiger partial charge in [0.25, 0.3) is 5.91 Å². The van der Waals surface area contributed by atoms with Gasteiger partial charge in [-0.05, 0) is 69.4 Å². The van der Waals surface area contributed by atoms with Crippen molar-refractivity contribution >= 4 is 11.4 Å². The number of rotatable bonds is 9. The molecule has 1 unspecified atom stereocenters. The van der Waals surface area contributed by atoms with E-state index < -0.39 is 5.82 Å². The van der Waals surface area contributed by atoms with Crippen molar-refractivity contribution in [2.45, 2.75) is 66.0 Å². The van der Waals surface area contributed by atoms with Crippen LogP contribution in [0.15, 0.2) is 36.7 Å². The predicted octanol–water partition coefficient (Wildman–Crippen LogP) is 5.13. The summed E-state index contributed by atoms with van der Waals surface area (Å²) in [5.74, 6) is 1.11. The van der Waals surface area contributed by atoms with Crippen molar-refractivity contribution in [3.63, 3.8) is 0 Å². The lowest BCUT2D eigenvalue weighted by Crippen LogP contribution is -2.52. The Hall–Kier alpha value is -2.77. The molecule has 2 aromatic heterocycles. The van der Waals surface area contributed by atoms with Gasteiger partial charge in [0, 0.05) is 56.0 Å². The first kappa shape index (κ1) is 26.3. The Morgan fingerprint density at radius 3 is 2.53 bits per heavy atom. The third-order valence-electron chi connectivity index (χ3n) is 7.62. The minimum absolute atomic E-state index is 0.0102. The number of halogens is 1.